The number of carbonyl (C=O) groups excluding carboxylic acids is 2. The molecule has 1 saturated carbocycles. The number of amides is 1. The van der Waals surface area contributed by atoms with Crippen molar-refractivity contribution in [2.24, 2.45) is 0 Å². The zero-order valence-electron chi connectivity index (χ0n) is 14.0. The minimum atomic E-state index is -0.421. The van der Waals surface area contributed by atoms with Gasteiger partial charge in [0.25, 0.3) is 5.91 Å². The Bertz CT molecular complexity index is 728. The Morgan fingerprint density at radius 1 is 0.917 bits per heavy atom. The van der Waals surface area contributed by atoms with Gasteiger partial charge in [-0.25, -0.2) is 4.79 Å². The SMILES string of the molecule is CN(C)C(=O)c1ccc(C(=O)Oc2ccc(C3CCC3)cc2)cc1. The van der Waals surface area contributed by atoms with Crippen molar-refractivity contribution < 1.29 is 14.3 Å². The normalized spacial score (nSPS) is 13.9. The van der Waals surface area contributed by atoms with E-state index >= 15 is 0 Å². The molecule has 2 aromatic carbocycles. The van der Waals surface area contributed by atoms with E-state index in [-0.39, 0.29) is 5.91 Å². The quantitative estimate of drug-likeness (QED) is 0.634. The molecule has 1 fully saturated rings. The molecule has 0 N–H and O–H groups in total. The second-order valence-corrected chi connectivity index (χ2v) is 6.36. The van der Waals surface area contributed by atoms with Gasteiger partial charge in [0.05, 0.1) is 5.56 Å². The first-order valence-corrected chi connectivity index (χ1v) is 8.18. The molecule has 3 rings (SSSR count). The van der Waals surface area contributed by atoms with Crippen LogP contribution in [-0.2, 0) is 0 Å². The summed E-state index contributed by atoms with van der Waals surface area (Å²) >= 11 is 0. The fourth-order valence-electron chi connectivity index (χ4n) is 2.72. The van der Waals surface area contributed by atoms with Crippen LogP contribution >= 0.6 is 0 Å². The number of ether oxygens (including phenoxy) is 1. The van der Waals surface area contributed by atoms with Gasteiger partial charge in [-0.05, 0) is 60.7 Å². The van der Waals surface area contributed by atoms with E-state index in [9.17, 15) is 9.59 Å². The second kappa shape index (κ2) is 6.87. The first-order valence-electron chi connectivity index (χ1n) is 8.18. The maximum Gasteiger partial charge on any atom is 0.343 e. The molecule has 24 heavy (non-hydrogen) atoms. The Balaban J connectivity index is 1.65. The Labute approximate surface area is 142 Å². The minimum Gasteiger partial charge on any atom is -0.423 e. The highest BCUT2D eigenvalue weighted by Gasteiger charge is 2.19. The van der Waals surface area contributed by atoms with Crippen LogP contribution in [-0.4, -0.2) is 30.9 Å². The van der Waals surface area contributed by atoms with Crippen LogP contribution in [0, 0.1) is 0 Å². The molecular formula is C20H21NO3. The predicted octanol–water partition coefficient (Wildman–Crippen LogP) is 3.88. The van der Waals surface area contributed by atoms with Crippen molar-refractivity contribution in [1.29, 1.82) is 0 Å². The molecular weight excluding hydrogens is 302 g/mol. The highest BCUT2D eigenvalue weighted by molar-refractivity contribution is 5.96. The van der Waals surface area contributed by atoms with E-state index in [0.29, 0.717) is 22.8 Å². The largest absolute Gasteiger partial charge is 0.423 e. The highest BCUT2D eigenvalue weighted by Crippen LogP contribution is 2.36. The lowest BCUT2D eigenvalue weighted by molar-refractivity contribution is 0.0733. The van der Waals surface area contributed by atoms with Crippen molar-refractivity contribution in [3.63, 3.8) is 0 Å². The van der Waals surface area contributed by atoms with E-state index in [1.54, 1.807) is 38.4 Å². The van der Waals surface area contributed by atoms with Crippen molar-refractivity contribution in [1.82, 2.24) is 4.90 Å². The number of nitrogens with zero attached hydrogens (tertiary/aromatic N) is 1. The number of rotatable bonds is 4. The molecule has 1 aliphatic rings. The highest BCUT2D eigenvalue weighted by atomic mass is 16.5. The lowest BCUT2D eigenvalue weighted by Crippen LogP contribution is -2.21. The van der Waals surface area contributed by atoms with Gasteiger partial charge in [0, 0.05) is 19.7 Å². The van der Waals surface area contributed by atoms with E-state index in [4.69, 9.17) is 4.74 Å². The average molecular weight is 323 g/mol. The van der Waals surface area contributed by atoms with Crippen LogP contribution in [0.1, 0.15) is 51.5 Å². The van der Waals surface area contributed by atoms with Gasteiger partial charge in [-0.1, -0.05) is 18.6 Å². The Morgan fingerprint density at radius 2 is 1.50 bits per heavy atom. The summed E-state index contributed by atoms with van der Waals surface area (Å²) in [5, 5.41) is 0. The number of carbonyl (C=O) groups is 2. The molecule has 0 saturated heterocycles. The number of hydrogen-bond donors (Lipinski definition) is 0. The summed E-state index contributed by atoms with van der Waals surface area (Å²) in [7, 11) is 3.38. The standard InChI is InChI=1S/C20H21NO3/c1-21(2)19(22)16-6-8-17(9-7-16)20(23)24-18-12-10-15(11-13-18)14-4-3-5-14/h6-14H,3-5H2,1-2H3. The van der Waals surface area contributed by atoms with Gasteiger partial charge in [0.2, 0.25) is 0 Å². The fraction of sp³-hybridized carbons (Fsp3) is 0.300. The molecule has 1 aliphatic carbocycles. The van der Waals surface area contributed by atoms with Crippen LogP contribution in [0.15, 0.2) is 48.5 Å². The van der Waals surface area contributed by atoms with Crippen molar-refractivity contribution in [2.45, 2.75) is 25.2 Å². The van der Waals surface area contributed by atoms with E-state index in [1.165, 1.54) is 29.7 Å². The van der Waals surface area contributed by atoms with Crippen LogP contribution in [0.2, 0.25) is 0 Å². The number of esters is 1. The molecule has 0 aromatic heterocycles. The topological polar surface area (TPSA) is 46.6 Å². The lowest BCUT2D eigenvalue weighted by Gasteiger charge is -2.25. The third kappa shape index (κ3) is 3.48. The van der Waals surface area contributed by atoms with Gasteiger partial charge in [-0.3, -0.25) is 4.79 Å². The zero-order chi connectivity index (χ0) is 17.1. The van der Waals surface area contributed by atoms with Gasteiger partial charge in [-0.15, -0.1) is 0 Å². The first-order chi connectivity index (χ1) is 11.5. The summed E-state index contributed by atoms with van der Waals surface area (Å²) in [6.45, 7) is 0. The molecule has 2 aromatic rings. The summed E-state index contributed by atoms with van der Waals surface area (Å²) in [6, 6.07) is 14.3. The van der Waals surface area contributed by atoms with E-state index in [1.807, 2.05) is 24.3 Å². The van der Waals surface area contributed by atoms with E-state index in [2.05, 4.69) is 0 Å². The third-order valence-corrected chi connectivity index (χ3v) is 4.44. The Morgan fingerprint density at radius 3 is 2.00 bits per heavy atom. The Hall–Kier alpha value is -2.62. The van der Waals surface area contributed by atoms with E-state index in [0.717, 1.165) is 0 Å². The summed E-state index contributed by atoms with van der Waals surface area (Å²) in [5.41, 5.74) is 2.28. The predicted molar refractivity (Wildman–Crippen MR) is 92.5 cm³/mol. The maximum absolute atomic E-state index is 12.2. The smallest absolute Gasteiger partial charge is 0.343 e. The van der Waals surface area contributed by atoms with Crippen molar-refractivity contribution in [3.05, 3.63) is 65.2 Å². The first kappa shape index (κ1) is 16.2. The van der Waals surface area contributed by atoms with Gasteiger partial charge in [0.1, 0.15) is 5.75 Å². The molecule has 0 radical (unpaired) electrons. The number of hydrogen-bond acceptors (Lipinski definition) is 3. The monoisotopic (exact) mass is 323 g/mol. The fourth-order valence-corrected chi connectivity index (χ4v) is 2.72. The molecule has 124 valence electrons. The summed E-state index contributed by atoms with van der Waals surface area (Å²) in [5.74, 6) is 0.685. The molecule has 0 spiro atoms. The summed E-state index contributed by atoms with van der Waals surface area (Å²) in [4.78, 5) is 25.5. The molecule has 0 heterocycles. The van der Waals surface area contributed by atoms with Crippen molar-refractivity contribution >= 4 is 11.9 Å². The van der Waals surface area contributed by atoms with Gasteiger partial charge >= 0.3 is 5.97 Å². The summed E-state index contributed by atoms with van der Waals surface area (Å²) < 4.78 is 5.40. The molecule has 4 nitrogen and oxygen atoms in total. The number of benzene rings is 2. The zero-order valence-corrected chi connectivity index (χ0v) is 14.0. The van der Waals surface area contributed by atoms with Crippen LogP contribution in [0.4, 0.5) is 0 Å². The van der Waals surface area contributed by atoms with Crippen LogP contribution < -0.4 is 4.74 Å². The van der Waals surface area contributed by atoms with Gasteiger partial charge < -0.3 is 9.64 Å². The van der Waals surface area contributed by atoms with Crippen molar-refractivity contribution in [2.75, 3.05) is 14.1 Å². The van der Waals surface area contributed by atoms with E-state index < -0.39 is 5.97 Å². The van der Waals surface area contributed by atoms with Gasteiger partial charge in [0.15, 0.2) is 0 Å². The second-order valence-electron chi connectivity index (χ2n) is 6.36. The molecule has 1 amide bonds. The van der Waals surface area contributed by atoms with Crippen LogP contribution in [0.5, 0.6) is 5.75 Å². The molecule has 0 aliphatic heterocycles. The summed E-state index contributed by atoms with van der Waals surface area (Å²) in [6.07, 6.45) is 3.79. The molecule has 0 unspecified atom stereocenters. The van der Waals surface area contributed by atoms with Crippen LogP contribution in [0.3, 0.4) is 0 Å². The van der Waals surface area contributed by atoms with Crippen LogP contribution in [0.25, 0.3) is 0 Å². The molecule has 4 heteroatoms. The van der Waals surface area contributed by atoms with Gasteiger partial charge in [-0.2, -0.15) is 0 Å². The molecule has 0 atom stereocenters. The average Bonchev–Trinajstić information content (AvgIpc) is 2.54. The maximum atomic E-state index is 12.2. The molecule has 0 bridgehead atoms. The Kier molecular flexibility index (Phi) is 4.65. The minimum absolute atomic E-state index is 0.0958. The van der Waals surface area contributed by atoms with Crippen molar-refractivity contribution in [3.8, 4) is 5.75 Å². The third-order valence-electron chi connectivity index (χ3n) is 4.44. The lowest BCUT2D eigenvalue weighted by atomic mass is 9.80.